The Labute approximate surface area is 99.6 Å². The van der Waals surface area contributed by atoms with Crippen LogP contribution in [0.5, 0.6) is 5.88 Å². The number of aromatic nitrogens is 2. The van der Waals surface area contributed by atoms with Crippen LogP contribution >= 0.6 is 0 Å². The summed E-state index contributed by atoms with van der Waals surface area (Å²) in [6, 6.07) is 3.81. The summed E-state index contributed by atoms with van der Waals surface area (Å²) in [4.78, 5) is 0. The number of rotatable bonds is 2. The Morgan fingerprint density at radius 3 is 3.18 bits per heavy atom. The van der Waals surface area contributed by atoms with Gasteiger partial charge in [-0.3, -0.25) is 0 Å². The van der Waals surface area contributed by atoms with Crippen LogP contribution in [0.2, 0.25) is 0 Å². The fourth-order valence-corrected chi connectivity index (χ4v) is 2.78. The first-order valence-corrected chi connectivity index (χ1v) is 6.17. The van der Waals surface area contributed by atoms with Gasteiger partial charge < -0.3 is 10.1 Å². The molecule has 2 aliphatic rings. The first-order valence-electron chi connectivity index (χ1n) is 6.17. The molecule has 0 aromatic carbocycles. The van der Waals surface area contributed by atoms with Gasteiger partial charge in [0.1, 0.15) is 6.10 Å². The van der Waals surface area contributed by atoms with E-state index in [9.17, 15) is 4.39 Å². The third kappa shape index (κ3) is 2.24. The third-order valence-electron chi connectivity index (χ3n) is 3.59. The Morgan fingerprint density at radius 2 is 2.35 bits per heavy atom. The van der Waals surface area contributed by atoms with E-state index in [1.165, 1.54) is 0 Å². The summed E-state index contributed by atoms with van der Waals surface area (Å²) in [5.74, 6) is 0.417. The zero-order valence-electron chi connectivity index (χ0n) is 9.55. The van der Waals surface area contributed by atoms with E-state index in [0.29, 0.717) is 18.3 Å². The van der Waals surface area contributed by atoms with Gasteiger partial charge in [-0.05, 0) is 18.9 Å². The Balaban J connectivity index is 1.70. The summed E-state index contributed by atoms with van der Waals surface area (Å²) >= 11 is 0. The quantitative estimate of drug-likeness (QED) is 0.846. The smallest absolute Gasteiger partial charge is 0.233 e. The first-order chi connectivity index (χ1) is 8.33. The normalized spacial score (nSPS) is 36.5. The molecule has 17 heavy (non-hydrogen) atoms. The molecule has 2 bridgehead atoms. The van der Waals surface area contributed by atoms with E-state index in [1.807, 2.05) is 0 Å². The Hall–Kier alpha value is -1.23. The number of hydrogen-bond acceptors (Lipinski definition) is 4. The molecule has 1 N–H and O–H groups in total. The summed E-state index contributed by atoms with van der Waals surface area (Å²) in [6.07, 6.45) is 4.09. The van der Waals surface area contributed by atoms with Crippen LogP contribution < -0.4 is 10.1 Å². The maximum atomic E-state index is 14.2. The van der Waals surface area contributed by atoms with Crippen molar-refractivity contribution in [3.8, 4) is 5.88 Å². The van der Waals surface area contributed by atoms with Crippen LogP contribution in [0.25, 0.3) is 0 Å². The van der Waals surface area contributed by atoms with Gasteiger partial charge >= 0.3 is 0 Å². The van der Waals surface area contributed by atoms with Crippen molar-refractivity contribution in [1.82, 2.24) is 15.5 Å². The Morgan fingerprint density at radius 1 is 1.41 bits per heavy atom. The number of ether oxygens (including phenoxy) is 1. The second-order valence-corrected chi connectivity index (χ2v) is 4.80. The second kappa shape index (κ2) is 4.56. The van der Waals surface area contributed by atoms with E-state index in [4.69, 9.17) is 4.74 Å². The summed E-state index contributed by atoms with van der Waals surface area (Å²) < 4.78 is 19.8. The van der Waals surface area contributed by atoms with E-state index < -0.39 is 6.17 Å². The van der Waals surface area contributed by atoms with Gasteiger partial charge in [0.25, 0.3) is 0 Å². The standard InChI is InChI=1S/C12H16FN3O/c13-12-9-4-1-3-8(15-9)7-10(12)17-11-5-2-6-14-16-11/h2,5-6,8-10,12,15H,1,3-4,7H2/t8-,9+,10?,12+/m0/s1. The molecule has 2 aliphatic heterocycles. The van der Waals surface area contributed by atoms with Crippen molar-refractivity contribution in [2.24, 2.45) is 0 Å². The van der Waals surface area contributed by atoms with E-state index >= 15 is 0 Å². The van der Waals surface area contributed by atoms with Crippen molar-refractivity contribution >= 4 is 0 Å². The summed E-state index contributed by atoms with van der Waals surface area (Å²) in [5.41, 5.74) is 0. The van der Waals surface area contributed by atoms with E-state index in [0.717, 1.165) is 19.3 Å². The Kier molecular flexibility index (Phi) is 2.93. The third-order valence-corrected chi connectivity index (χ3v) is 3.59. The van der Waals surface area contributed by atoms with Crippen LogP contribution in [0.3, 0.4) is 0 Å². The molecule has 0 saturated carbocycles. The fourth-order valence-electron chi connectivity index (χ4n) is 2.78. The lowest BCUT2D eigenvalue weighted by Crippen LogP contribution is -2.59. The highest BCUT2D eigenvalue weighted by molar-refractivity contribution is 5.08. The molecule has 0 aliphatic carbocycles. The van der Waals surface area contributed by atoms with Crippen LogP contribution in [0.4, 0.5) is 4.39 Å². The zero-order chi connectivity index (χ0) is 11.7. The maximum absolute atomic E-state index is 14.2. The Bertz CT molecular complexity index is 375. The van der Waals surface area contributed by atoms with Crippen molar-refractivity contribution in [3.05, 3.63) is 18.3 Å². The van der Waals surface area contributed by atoms with Crippen molar-refractivity contribution in [2.45, 2.75) is 50.0 Å². The zero-order valence-corrected chi connectivity index (χ0v) is 9.55. The summed E-state index contributed by atoms with van der Waals surface area (Å²) in [7, 11) is 0. The van der Waals surface area contributed by atoms with Crippen molar-refractivity contribution in [3.63, 3.8) is 0 Å². The molecule has 2 fully saturated rings. The van der Waals surface area contributed by atoms with Crippen LogP contribution in [-0.2, 0) is 0 Å². The molecule has 4 atom stereocenters. The molecule has 1 unspecified atom stereocenters. The molecule has 2 saturated heterocycles. The number of nitrogens with one attached hydrogen (secondary N) is 1. The van der Waals surface area contributed by atoms with Crippen LogP contribution in [0, 0.1) is 0 Å². The first kappa shape index (κ1) is 10.9. The van der Waals surface area contributed by atoms with Crippen molar-refractivity contribution in [2.75, 3.05) is 0 Å². The SMILES string of the molecule is F[C@H]1C(Oc2cccnn2)C[C@@H]2CCC[C@H]1N2. The number of piperidine rings is 2. The molecule has 0 spiro atoms. The van der Waals surface area contributed by atoms with Gasteiger partial charge in [0.15, 0.2) is 6.17 Å². The van der Waals surface area contributed by atoms with Gasteiger partial charge in [-0.15, -0.1) is 5.10 Å². The van der Waals surface area contributed by atoms with Crippen LogP contribution in [-0.4, -0.2) is 34.6 Å². The minimum Gasteiger partial charge on any atom is -0.470 e. The maximum Gasteiger partial charge on any atom is 0.233 e. The number of alkyl halides is 1. The molecule has 0 amide bonds. The predicted molar refractivity (Wildman–Crippen MR) is 60.5 cm³/mol. The van der Waals surface area contributed by atoms with Gasteiger partial charge in [-0.2, -0.15) is 5.10 Å². The van der Waals surface area contributed by atoms with Gasteiger partial charge in [0.05, 0.1) is 0 Å². The second-order valence-electron chi connectivity index (χ2n) is 4.80. The molecule has 1 aromatic rings. The van der Waals surface area contributed by atoms with Crippen LogP contribution in [0.15, 0.2) is 18.3 Å². The molecule has 3 heterocycles. The molecule has 3 rings (SSSR count). The number of fused-ring (bicyclic) bond motifs is 2. The fraction of sp³-hybridized carbons (Fsp3) is 0.667. The number of nitrogens with zero attached hydrogens (tertiary/aromatic N) is 2. The molecular weight excluding hydrogens is 221 g/mol. The lowest BCUT2D eigenvalue weighted by atomic mass is 9.84. The van der Waals surface area contributed by atoms with Gasteiger partial charge in [-0.1, -0.05) is 6.42 Å². The van der Waals surface area contributed by atoms with Crippen LogP contribution in [0.1, 0.15) is 25.7 Å². The van der Waals surface area contributed by atoms with Crippen molar-refractivity contribution < 1.29 is 9.13 Å². The lowest BCUT2D eigenvalue weighted by molar-refractivity contribution is 0.00650. The average Bonchev–Trinajstić information content (AvgIpc) is 2.37. The highest BCUT2D eigenvalue weighted by Gasteiger charge is 2.41. The van der Waals surface area contributed by atoms with Gasteiger partial charge in [-0.25, -0.2) is 4.39 Å². The van der Waals surface area contributed by atoms with E-state index in [1.54, 1.807) is 18.3 Å². The molecule has 0 radical (unpaired) electrons. The summed E-state index contributed by atoms with van der Waals surface area (Å²) in [5, 5.41) is 10.9. The van der Waals surface area contributed by atoms with E-state index in [2.05, 4.69) is 15.5 Å². The average molecular weight is 237 g/mol. The topological polar surface area (TPSA) is 47.0 Å². The predicted octanol–water partition coefficient (Wildman–Crippen LogP) is 1.48. The van der Waals surface area contributed by atoms with E-state index in [-0.39, 0.29) is 12.1 Å². The minimum atomic E-state index is -0.950. The highest BCUT2D eigenvalue weighted by atomic mass is 19.1. The molecular formula is C12H16FN3O. The number of hydrogen-bond donors (Lipinski definition) is 1. The monoisotopic (exact) mass is 237 g/mol. The van der Waals surface area contributed by atoms with Crippen molar-refractivity contribution in [1.29, 1.82) is 0 Å². The van der Waals surface area contributed by atoms with Gasteiger partial charge in [0.2, 0.25) is 5.88 Å². The molecule has 4 nitrogen and oxygen atoms in total. The number of halogens is 1. The van der Waals surface area contributed by atoms with Gasteiger partial charge in [0, 0.05) is 30.8 Å². The molecule has 5 heteroatoms. The minimum absolute atomic E-state index is 0.0517. The lowest BCUT2D eigenvalue weighted by Gasteiger charge is -2.42. The largest absolute Gasteiger partial charge is 0.470 e. The summed E-state index contributed by atoms with van der Waals surface area (Å²) in [6.45, 7) is 0. The molecule has 1 aromatic heterocycles. The highest BCUT2D eigenvalue weighted by Crippen LogP contribution is 2.30. The molecule has 92 valence electrons.